The van der Waals surface area contributed by atoms with E-state index in [2.05, 4.69) is 5.16 Å². The molecule has 0 saturated carbocycles. The quantitative estimate of drug-likeness (QED) is 0.471. The molecule has 76 valence electrons. The highest BCUT2D eigenvalue weighted by atomic mass is 16.4. The molecule has 1 N–H and O–H groups in total. The first-order chi connectivity index (χ1) is 7.38. The molecule has 0 atom stereocenters. The molecule has 1 heterocycles. The van der Waals surface area contributed by atoms with Crippen LogP contribution in [0.2, 0.25) is 0 Å². The van der Waals surface area contributed by atoms with Gasteiger partial charge in [-0.05, 0) is 17.7 Å². The lowest BCUT2D eigenvalue weighted by atomic mass is 10.1. The summed E-state index contributed by atoms with van der Waals surface area (Å²) in [7, 11) is 0. The fourth-order valence-corrected chi connectivity index (χ4v) is 1.41. The van der Waals surface area contributed by atoms with E-state index in [0.717, 1.165) is 12.2 Å². The van der Waals surface area contributed by atoms with E-state index in [-0.39, 0.29) is 0 Å². The molecule has 0 radical (unpaired) electrons. The summed E-state index contributed by atoms with van der Waals surface area (Å²) >= 11 is 0. The van der Waals surface area contributed by atoms with E-state index in [1.165, 1.54) is 11.8 Å². The molecule has 0 aliphatic heterocycles. The van der Waals surface area contributed by atoms with Crippen LogP contribution in [-0.2, 0) is 6.42 Å². The summed E-state index contributed by atoms with van der Waals surface area (Å²) in [4.78, 5) is 0. The third kappa shape index (κ3) is 2.47. The van der Waals surface area contributed by atoms with Gasteiger partial charge in [0.1, 0.15) is 17.7 Å². The van der Waals surface area contributed by atoms with Crippen LogP contribution in [0, 0.1) is 0 Å². The topological polar surface area (TPSA) is 45.7 Å². The Morgan fingerprint density at radius 1 is 1.13 bits per heavy atom. The zero-order chi connectivity index (χ0) is 10.5. The van der Waals surface area contributed by atoms with E-state index in [0.29, 0.717) is 5.76 Å². The summed E-state index contributed by atoms with van der Waals surface area (Å²) in [5.41, 5.74) is 1.19. The second kappa shape index (κ2) is 4.46. The fourth-order valence-electron chi connectivity index (χ4n) is 1.41. The molecule has 0 aliphatic carbocycles. The van der Waals surface area contributed by atoms with Gasteiger partial charge in [0, 0.05) is 6.42 Å². The number of hydrogen-bond acceptors (Lipinski definition) is 3. The predicted octanol–water partition coefficient (Wildman–Crippen LogP) is 2.68. The summed E-state index contributed by atoms with van der Waals surface area (Å²) < 4.78 is 5.42. The predicted molar refractivity (Wildman–Crippen MR) is 57.3 cm³/mol. The molecule has 3 nitrogen and oxygen atoms in total. The van der Waals surface area contributed by atoms with Gasteiger partial charge in [-0.2, -0.15) is 0 Å². The third-order valence-corrected chi connectivity index (χ3v) is 2.09. The Morgan fingerprint density at radius 3 is 2.67 bits per heavy atom. The van der Waals surface area contributed by atoms with Crippen molar-refractivity contribution in [3.63, 3.8) is 0 Å². The molecule has 0 bridgehead atoms. The van der Waals surface area contributed by atoms with Crippen LogP contribution in [0.25, 0.3) is 0 Å². The van der Waals surface area contributed by atoms with Gasteiger partial charge in [-0.3, -0.25) is 0 Å². The summed E-state index contributed by atoms with van der Waals surface area (Å²) in [6, 6.07) is 13.7. The molecule has 0 aliphatic rings. The van der Waals surface area contributed by atoms with Crippen molar-refractivity contribution in [2.24, 2.45) is 5.16 Å². The summed E-state index contributed by atoms with van der Waals surface area (Å²) in [5, 5.41) is 11.2. The number of furan rings is 1. The molecule has 1 aromatic heterocycles. The molecule has 1 aromatic carbocycles. The van der Waals surface area contributed by atoms with Gasteiger partial charge in [0.25, 0.3) is 0 Å². The standard InChI is InChI=1S/C12H11NO2/c14-13-9-12-7-6-11(15-12)8-10-4-2-1-3-5-10/h1-7,9,14H,8H2. The Labute approximate surface area is 87.7 Å². The zero-order valence-electron chi connectivity index (χ0n) is 8.13. The summed E-state index contributed by atoms with van der Waals surface area (Å²) in [6.07, 6.45) is 2.02. The number of nitrogens with zero attached hydrogens (tertiary/aromatic N) is 1. The van der Waals surface area contributed by atoms with Crippen LogP contribution in [0.1, 0.15) is 17.1 Å². The lowest BCUT2D eigenvalue weighted by Gasteiger charge is -1.96. The fraction of sp³-hybridized carbons (Fsp3) is 0.0833. The number of rotatable bonds is 3. The first kappa shape index (κ1) is 9.52. The maximum Gasteiger partial charge on any atom is 0.148 e. The Kier molecular flexibility index (Phi) is 2.83. The smallest absolute Gasteiger partial charge is 0.148 e. The van der Waals surface area contributed by atoms with Crippen molar-refractivity contribution >= 4 is 6.21 Å². The molecule has 0 unspecified atom stereocenters. The highest BCUT2D eigenvalue weighted by Gasteiger charge is 2.01. The lowest BCUT2D eigenvalue weighted by molar-refractivity contribution is 0.320. The first-order valence-corrected chi connectivity index (χ1v) is 4.68. The molecule has 2 rings (SSSR count). The van der Waals surface area contributed by atoms with Gasteiger partial charge in [-0.25, -0.2) is 0 Å². The van der Waals surface area contributed by atoms with Crippen LogP contribution in [0.4, 0.5) is 0 Å². The van der Waals surface area contributed by atoms with Crippen LogP contribution in [0.5, 0.6) is 0 Å². The molecule has 2 aromatic rings. The minimum atomic E-state index is 0.559. The van der Waals surface area contributed by atoms with Crippen molar-refractivity contribution < 1.29 is 9.62 Å². The van der Waals surface area contributed by atoms with E-state index >= 15 is 0 Å². The van der Waals surface area contributed by atoms with E-state index in [4.69, 9.17) is 9.62 Å². The molecule has 0 amide bonds. The molecule has 3 heteroatoms. The maximum absolute atomic E-state index is 8.33. The van der Waals surface area contributed by atoms with Crippen LogP contribution >= 0.6 is 0 Å². The lowest BCUT2D eigenvalue weighted by Crippen LogP contribution is -1.84. The van der Waals surface area contributed by atoms with E-state index in [1.54, 1.807) is 6.07 Å². The van der Waals surface area contributed by atoms with Crippen molar-refractivity contribution in [2.75, 3.05) is 0 Å². The summed E-state index contributed by atoms with van der Waals surface area (Å²) in [5.74, 6) is 1.42. The van der Waals surface area contributed by atoms with E-state index in [1.807, 2.05) is 36.4 Å². The molecule has 15 heavy (non-hydrogen) atoms. The zero-order valence-corrected chi connectivity index (χ0v) is 8.13. The third-order valence-electron chi connectivity index (χ3n) is 2.09. The second-order valence-corrected chi connectivity index (χ2v) is 3.21. The van der Waals surface area contributed by atoms with Gasteiger partial charge in [0.15, 0.2) is 0 Å². The van der Waals surface area contributed by atoms with Crippen molar-refractivity contribution in [1.29, 1.82) is 0 Å². The van der Waals surface area contributed by atoms with Gasteiger partial charge >= 0.3 is 0 Å². The van der Waals surface area contributed by atoms with E-state index in [9.17, 15) is 0 Å². The average molecular weight is 201 g/mol. The second-order valence-electron chi connectivity index (χ2n) is 3.21. The SMILES string of the molecule is ON=Cc1ccc(Cc2ccccc2)o1. The molecule has 0 saturated heterocycles. The van der Waals surface area contributed by atoms with Crippen molar-refractivity contribution in [1.82, 2.24) is 0 Å². The van der Waals surface area contributed by atoms with Crippen LogP contribution in [0.3, 0.4) is 0 Å². The average Bonchev–Trinajstić information content (AvgIpc) is 2.68. The first-order valence-electron chi connectivity index (χ1n) is 4.68. The van der Waals surface area contributed by atoms with Gasteiger partial charge in [0.2, 0.25) is 0 Å². The maximum atomic E-state index is 8.33. The van der Waals surface area contributed by atoms with Crippen molar-refractivity contribution in [3.8, 4) is 0 Å². The highest BCUT2D eigenvalue weighted by Crippen LogP contribution is 2.11. The number of benzene rings is 1. The molecular weight excluding hydrogens is 190 g/mol. The Bertz CT molecular complexity index is 446. The largest absolute Gasteiger partial charge is 0.460 e. The van der Waals surface area contributed by atoms with Crippen molar-refractivity contribution in [2.45, 2.75) is 6.42 Å². The highest BCUT2D eigenvalue weighted by molar-refractivity contribution is 5.75. The minimum absolute atomic E-state index is 0.559. The van der Waals surface area contributed by atoms with Crippen LogP contribution in [0.15, 0.2) is 52.0 Å². The van der Waals surface area contributed by atoms with Crippen LogP contribution < -0.4 is 0 Å². The van der Waals surface area contributed by atoms with Gasteiger partial charge in [0.05, 0.1) is 0 Å². The summed E-state index contributed by atoms with van der Waals surface area (Å²) in [6.45, 7) is 0. The minimum Gasteiger partial charge on any atom is -0.460 e. The van der Waals surface area contributed by atoms with Crippen molar-refractivity contribution in [3.05, 3.63) is 59.5 Å². The number of oxime groups is 1. The van der Waals surface area contributed by atoms with E-state index < -0.39 is 0 Å². The Balaban J connectivity index is 2.11. The Hall–Kier alpha value is -2.03. The molecular formula is C12H11NO2. The van der Waals surface area contributed by atoms with Gasteiger partial charge < -0.3 is 9.62 Å². The van der Waals surface area contributed by atoms with Gasteiger partial charge in [-0.1, -0.05) is 35.5 Å². The normalized spacial score (nSPS) is 10.9. The van der Waals surface area contributed by atoms with Gasteiger partial charge in [-0.15, -0.1) is 0 Å². The molecule has 0 spiro atoms. The Morgan fingerprint density at radius 2 is 1.93 bits per heavy atom. The molecule has 0 fully saturated rings. The number of hydrogen-bond donors (Lipinski definition) is 1. The monoisotopic (exact) mass is 201 g/mol. The van der Waals surface area contributed by atoms with Crippen LogP contribution in [-0.4, -0.2) is 11.4 Å².